The summed E-state index contributed by atoms with van der Waals surface area (Å²) in [4.78, 5) is 4.53. The fourth-order valence-electron chi connectivity index (χ4n) is 2.92. The fraction of sp³-hybridized carbons (Fsp3) is 0.294. The van der Waals surface area contributed by atoms with Crippen molar-refractivity contribution in [1.29, 1.82) is 0 Å². The number of fused-ring (bicyclic) bond motifs is 2. The largest absolute Gasteiger partial charge is 0.340 e. The molecule has 1 aliphatic heterocycles. The SMILES string of the molecule is Cc1cc(C)c2c(c1)N(CCCS(=O)(=O)O)c1ccccc1S2. The van der Waals surface area contributed by atoms with Gasteiger partial charge in [0.2, 0.25) is 0 Å². The molecule has 0 aromatic heterocycles. The van der Waals surface area contributed by atoms with Gasteiger partial charge in [0.25, 0.3) is 10.1 Å². The van der Waals surface area contributed by atoms with E-state index in [2.05, 4.69) is 43.0 Å². The Kier molecular flexibility index (Phi) is 4.40. The van der Waals surface area contributed by atoms with E-state index in [1.54, 1.807) is 11.8 Å². The topological polar surface area (TPSA) is 57.6 Å². The summed E-state index contributed by atoms with van der Waals surface area (Å²) in [6, 6.07) is 12.4. The average molecular weight is 349 g/mol. The molecule has 0 amide bonds. The van der Waals surface area contributed by atoms with E-state index in [1.807, 2.05) is 12.1 Å². The molecule has 0 saturated carbocycles. The fourth-order valence-corrected chi connectivity index (χ4v) is 4.55. The lowest BCUT2D eigenvalue weighted by molar-refractivity contribution is 0.481. The smallest absolute Gasteiger partial charge is 0.264 e. The molecule has 4 nitrogen and oxygen atoms in total. The zero-order chi connectivity index (χ0) is 16.6. The van der Waals surface area contributed by atoms with Gasteiger partial charge in [0.15, 0.2) is 0 Å². The van der Waals surface area contributed by atoms with Crippen LogP contribution in [0.25, 0.3) is 0 Å². The number of aryl methyl sites for hydroxylation is 2. The van der Waals surface area contributed by atoms with Crippen LogP contribution in [0.5, 0.6) is 0 Å². The number of nitrogens with zero attached hydrogens (tertiary/aromatic N) is 1. The van der Waals surface area contributed by atoms with Gasteiger partial charge in [-0.3, -0.25) is 4.55 Å². The highest BCUT2D eigenvalue weighted by molar-refractivity contribution is 7.99. The van der Waals surface area contributed by atoms with Crippen molar-refractivity contribution in [2.24, 2.45) is 0 Å². The lowest BCUT2D eigenvalue weighted by Gasteiger charge is -2.34. The first-order chi connectivity index (χ1) is 10.8. The lowest BCUT2D eigenvalue weighted by Crippen LogP contribution is -2.24. The zero-order valence-corrected chi connectivity index (χ0v) is 14.7. The zero-order valence-electron chi connectivity index (χ0n) is 13.1. The Hall–Kier alpha value is -1.50. The van der Waals surface area contributed by atoms with Crippen molar-refractivity contribution in [3.05, 3.63) is 47.5 Å². The Balaban J connectivity index is 2.00. The Labute approximate surface area is 141 Å². The number of rotatable bonds is 4. The highest BCUT2D eigenvalue weighted by Crippen LogP contribution is 2.49. The predicted molar refractivity (Wildman–Crippen MR) is 94.5 cm³/mol. The van der Waals surface area contributed by atoms with Crippen LogP contribution in [0, 0.1) is 13.8 Å². The number of hydrogen-bond acceptors (Lipinski definition) is 4. The molecule has 0 radical (unpaired) electrons. The van der Waals surface area contributed by atoms with Crippen molar-refractivity contribution in [3.63, 3.8) is 0 Å². The van der Waals surface area contributed by atoms with Crippen LogP contribution in [-0.4, -0.2) is 25.3 Å². The summed E-state index contributed by atoms with van der Waals surface area (Å²) in [5.41, 5.74) is 4.60. The monoisotopic (exact) mass is 349 g/mol. The molecule has 0 saturated heterocycles. The van der Waals surface area contributed by atoms with Crippen LogP contribution in [0.3, 0.4) is 0 Å². The molecule has 2 aromatic carbocycles. The third-order valence-electron chi connectivity index (χ3n) is 3.84. The summed E-state index contributed by atoms with van der Waals surface area (Å²) in [6.45, 7) is 4.71. The molecule has 0 atom stereocenters. The van der Waals surface area contributed by atoms with E-state index in [-0.39, 0.29) is 5.75 Å². The third-order valence-corrected chi connectivity index (χ3v) is 5.95. The minimum absolute atomic E-state index is 0.223. The van der Waals surface area contributed by atoms with Gasteiger partial charge in [-0.1, -0.05) is 30.0 Å². The van der Waals surface area contributed by atoms with Gasteiger partial charge in [-0.25, -0.2) is 0 Å². The summed E-state index contributed by atoms with van der Waals surface area (Å²) in [5, 5.41) is 0. The molecule has 0 aliphatic carbocycles. The molecule has 1 heterocycles. The summed E-state index contributed by atoms with van der Waals surface area (Å²) in [5.74, 6) is -0.223. The van der Waals surface area contributed by atoms with Crippen LogP contribution in [0.15, 0.2) is 46.2 Å². The summed E-state index contributed by atoms with van der Waals surface area (Å²) in [6.07, 6.45) is 0.379. The average Bonchev–Trinajstić information content (AvgIpc) is 2.46. The molecule has 1 aliphatic rings. The van der Waals surface area contributed by atoms with Crippen LogP contribution < -0.4 is 4.90 Å². The molecule has 23 heavy (non-hydrogen) atoms. The normalized spacial score (nSPS) is 13.6. The van der Waals surface area contributed by atoms with Gasteiger partial charge in [-0.2, -0.15) is 8.42 Å². The second kappa shape index (κ2) is 6.19. The number of anilines is 2. The molecular formula is C17H19NO3S2. The van der Waals surface area contributed by atoms with E-state index in [0.717, 1.165) is 11.4 Å². The molecule has 0 unspecified atom stereocenters. The van der Waals surface area contributed by atoms with E-state index in [1.165, 1.54) is 20.9 Å². The molecule has 0 bridgehead atoms. The Morgan fingerprint density at radius 2 is 1.87 bits per heavy atom. The van der Waals surface area contributed by atoms with E-state index < -0.39 is 10.1 Å². The van der Waals surface area contributed by atoms with E-state index in [9.17, 15) is 8.42 Å². The summed E-state index contributed by atoms with van der Waals surface area (Å²) < 4.78 is 31.0. The summed E-state index contributed by atoms with van der Waals surface area (Å²) >= 11 is 1.75. The molecule has 6 heteroatoms. The van der Waals surface area contributed by atoms with Crippen LogP contribution >= 0.6 is 11.8 Å². The van der Waals surface area contributed by atoms with Gasteiger partial charge < -0.3 is 4.90 Å². The molecule has 1 N–H and O–H groups in total. The van der Waals surface area contributed by atoms with Crippen LogP contribution in [0.4, 0.5) is 11.4 Å². The maximum Gasteiger partial charge on any atom is 0.264 e. The van der Waals surface area contributed by atoms with Crippen LogP contribution in [-0.2, 0) is 10.1 Å². The maximum atomic E-state index is 11.0. The maximum absolute atomic E-state index is 11.0. The van der Waals surface area contributed by atoms with Crippen molar-refractivity contribution < 1.29 is 13.0 Å². The van der Waals surface area contributed by atoms with Gasteiger partial charge in [0.1, 0.15) is 0 Å². The second-order valence-corrected chi connectivity index (χ2v) is 8.42. The first kappa shape index (κ1) is 16.4. The summed E-state index contributed by atoms with van der Waals surface area (Å²) in [7, 11) is -3.93. The van der Waals surface area contributed by atoms with Gasteiger partial charge >= 0.3 is 0 Å². The molecule has 3 rings (SSSR count). The number of benzene rings is 2. The van der Waals surface area contributed by atoms with Gasteiger partial charge in [-0.05, 0) is 49.6 Å². The van der Waals surface area contributed by atoms with Crippen LogP contribution in [0.1, 0.15) is 17.5 Å². The first-order valence-electron chi connectivity index (χ1n) is 7.46. The van der Waals surface area contributed by atoms with Gasteiger partial charge in [0.05, 0.1) is 17.1 Å². The Morgan fingerprint density at radius 1 is 1.13 bits per heavy atom. The van der Waals surface area contributed by atoms with Crippen molar-refractivity contribution in [2.75, 3.05) is 17.2 Å². The van der Waals surface area contributed by atoms with Gasteiger partial charge in [-0.15, -0.1) is 0 Å². The van der Waals surface area contributed by atoms with E-state index in [0.29, 0.717) is 13.0 Å². The highest BCUT2D eigenvalue weighted by atomic mass is 32.2. The molecule has 0 fully saturated rings. The van der Waals surface area contributed by atoms with E-state index in [4.69, 9.17) is 4.55 Å². The molecule has 0 spiro atoms. The molecule has 2 aromatic rings. The minimum atomic E-state index is -3.93. The number of para-hydroxylation sites is 1. The highest BCUT2D eigenvalue weighted by Gasteiger charge is 2.24. The first-order valence-corrected chi connectivity index (χ1v) is 9.88. The van der Waals surface area contributed by atoms with Crippen molar-refractivity contribution >= 4 is 33.3 Å². The molecular weight excluding hydrogens is 330 g/mol. The quantitative estimate of drug-likeness (QED) is 0.839. The van der Waals surface area contributed by atoms with Crippen LogP contribution in [0.2, 0.25) is 0 Å². The van der Waals surface area contributed by atoms with Crippen molar-refractivity contribution in [1.82, 2.24) is 0 Å². The Bertz CT molecular complexity index is 847. The van der Waals surface area contributed by atoms with Crippen molar-refractivity contribution in [2.45, 2.75) is 30.1 Å². The minimum Gasteiger partial charge on any atom is -0.340 e. The molecule has 122 valence electrons. The van der Waals surface area contributed by atoms with Gasteiger partial charge in [0, 0.05) is 16.3 Å². The Morgan fingerprint density at radius 3 is 2.61 bits per heavy atom. The second-order valence-electron chi connectivity index (χ2n) is 5.79. The number of hydrogen-bond donors (Lipinski definition) is 1. The van der Waals surface area contributed by atoms with Crippen molar-refractivity contribution in [3.8, 4) is 0 Å². The third kappa shape index (κ3) is 3.54. The lowest BCUT2D eigenvalue weighted by atomic mass is 10.1. The standard InChI is InChI=1S/C17H19NO3S2/c1-12-10-13(2)17-15(11-12)18(8-5-9-23(19,20)21)14-6-3-4-7-16(14)22-17/h3-4,6-7,10-11H,5,8-9H2,1-2H3,(H,19,20,21). The predicted octanol–water partition coefficient (Wildman–Crippen LogP) is 4.18. The van der Waals surface area contributed by atoms with E-state index >= 15 is 0 Å².